The fraction of sp³-hybridized carbons (Fsp3) is 0.400. The molecule has 2 fully saturated rings. The lowest BCUT2D eigenvalue weighted by Crippen LogP contribution is -2.11. The van der Waals surface area contributed by atoms with Crippen LogP contribution in [0.3, 0.4) is 0 Å². The van der Waals surface area contributed by atoms with Crippen molar-refractivity contribution >= 4 is 11.6 Å². The van der Waals surface area contributed by atoms with Gasteiger partial charge in [-0.2, -0.15) is 5.10 Å². The van der Waals surface area contributed by atoms with E-state index < -0.39 is 5.82 Å². The highest BCUT2D eigenvalue weighted by Gasteiger charge is 2.36. The number of halogens is 1. The van der Waals surface area contributed by atoms with Gasteiger partial charge in [-0.25, -0.2) is 9.07 Å². The van der Waals surface area contributed by atoms with Crippen molar-refractivity contribution in [2.45, 2.75) is 39.5 Å². The number of carbonyl (C=O) groups excluding carboxylic acids is 1. The molecule has 25 heavy (non-hydrogen) atoms. The van der Waals surface area contributed by atoms with Gasteiger partial charge in [0.1, 0.15) is 5.69 Å². The number of aryl methyl sites for hydroxylation is 2. The molecule has 0 bridgehead atoms. The highest BCUT2D eigenvalue weighted by atomic mass is 19.1. The number of nitrogens with zero attached hydrogens (tertiary/aromatic N) is 2. The third kappa shape index (κ3) is 3.50. The average Bonchev–Trinajstić information content (AvgIpc) is 3.45. The summed E-state index contributed by atoms with van der Waals surface area (Å²) in [5, 5.41) is 7.10. The van der Waals surface area contributed by atoms with Crippen LogP contribution in [-0.2, 0) is 4.79 Å². The van der Waals surface area contributed by atoms with Crippen LogP contribution >= 0.6 is 0 Å². The van der Waals surface area contributed by atoms with E-state index in [0.29, 0.717) is 23.2 Å². The Labute approximate surface area is 146 Å². The van der Waals surface area contributed by atoms with Crippen LogP contribution in [0.15, 0.2) is 35.9 Å². The van der Waals surface area contributed by atoms with Crippen molar-refractivity contribution in [3.05, 3.63) is 53.1 Å². The summed E-state index contributed by atoms with van der Waals surface area (Å²) >= 11 is 0. The van der Waals surface area contributed by atoms with Crippen molar-refractivity contribution in [3.8, 4) is 5.69 Å². The molecule has 0 saturated heterocycles. The number of hydrogen-bond donors (Lipinski definition) is 1. The summed E-state index contributed by atoms with van der Waals surface area (Å²) < 4.78 is 16.1. The van der Waals surface area contributed by atoms with E-state index in [1.165, 1.54) is 37.3 Å². The Morgan fingerprint density at radius 2 is 1.88 bits per heavy atom. The summed E-state index contributed by atoms with van der Waals surface area (Å²) in [6.45, 7) is 3.76. The van der Waals surface area contributed by atoms with Gasteiger partial charge in [-0.15, -0.1) is 0 Å². The highest BCUT2D eigenvalue weighted by molar-refractivity contribution is 6.00. The number of anilines is 1. The number of rotatable bonds is 5. The number of hydrogen-bond acceptors (Lipinski definition) is 2. The van der Waals surface area contributed by atoms with Crippen LogP contribution in [0.25, 0.3) is 5.69 Å². The summed E-state index contributed by atoms with van der Waals surface area (Å²) in [7, 11) is 0. The Kier molecular flexibility index (Phi) is 3.94. The summed E-state index contributed by atoms with van der Waals surface area (Å²) in [5.41, 5.74) is 3.85. The average molecular weight is 339 g/mol. The third-order valence-electron chi connectivity index (χ3n) is 4.85. The number of carbonyl (C=O) groups is 1. The predicted molar refractivity (Wildman–Crippen MR) is 95.2 cm³/mol. The Balaban J connectivity index is 1.51. The predicted octanol–water partition coefficient (Wildman–Crippen LogP) is 4.31. The zero-order valence-corrected chi connectivity index (χ0v) is 14.6. The molecular formula is C20H22FN3O. The smallest absolute Gasteiger partial charge is 0.248 e. The Hall–Kier alpha value is -2.43. The van der Waals surface area contributed by atoms with Gasteiger partial charge in [-0.05, 0) is 75.6 Å². The molecule has 0 atom stereocenters. The molecule has 2 aromatic rings. The molecule has 2 saturated carbocycles. The highest BCUT2D eigenvalue weighted by Crippen LogP contribution is 2.48. The molecule has 1 aromatic carbocycles. The Morgan fingerprint density at radius 1 is 1.20 bits per heavy atom. The summed E-state index contributed by atoms with van der Waals surface area (Å²) in [5.74, 6) is 0.636. The first-order valence-corrected chi connectivity index (χ1v) is 8.87. The van der Waals surface area contributed by atoms with Gasteiger partial charge < -0.3 is 5.32 Å². The first-order chi connectivity index (χ1) is 12.0. The zero-order valence-electron chi connectivity index (χ0n) is 14.6. The molecule has 1 heterocycles. The van der Waals surface area contributed by atoms with Crippen molar-refractivity contribution < 1.29 is 9.18 Å². The van der Waals surface area contributed by atoms with E-state index >= 15 is 0 Å². The molecule has 0 aliphatic heterocycles. The van der Waals surface area contributed by atoms with E-state index in [0.717, 1.165) is 11.4 Å². The SMILES string of the molecule is Cc1cc(C)n(-c2ccc(NC(=O)C=C(C3CC3)C3CC3)cc2F)n1. The minimum Gasteiger partial charge on any atom is -0.322 e. The number of amides is 1. The van der Waals surface area contributed by atoms with Crippen LogP contribution in [0.2, 0.25) is 0 Å². The topological polar surface area (TPSA) is 46.9 Å². The van der Waals surface area contributed by atoms with E-state index in [-0.39, 0.29) is 5.91 Å². The van der Waals surface area contributed by atoms with E-state index in [4.69, 9.17) is 0 Å². The van der Waals surface area contributed by atoms with E-state index in [1.807, 2.05) is 19.9 Å². The number of benzene rings is 1. The van der Waals surface area contributed by atoms with Crippen LogP contribution in [0.4, 0.5) is 10.1 Å². The van der Waals surface area contributed by atoms with Crippen LogP contribution in [0, 0.1) is 31.5 Å². The molecular weight excluding hydrogens is 317 g/mol. The van der Waals surface area contributed by atoms with Crippen molar-refractivity contribution in [1.82, 2.24) is 9.78 Å². The van der Waals surface area contributed by atoms with Gasteiger partial charge in [-0.3, -0.25) is 4.79 Å². The molecule has 1 aromatic heterocycles. The molecule has 1 N–H and O–H groups in total. The third-order valence-corrected chi connectivity index (χ3v) is 4.85. The maximum atomic E-state index is 14.5. The molecule has 0 radical (unpaired) electrons. The maximum absolute atomic E-state index is 14.5. The molecule has 4 rings (SSSR count). The normalized spacial score (nSPS) is 16.6. The second kappa shape index (κ2) is 6.14. The number of aromatic nitrogens is 2. The van der Waals surface area contributed by atoms with Gasteiger partial charge in [0.2, 0.25) is 5.91 Å². The van der Waals surface area contributed by atoms with Crippen molar-refractivity contribution in [2.75, 3.05) is 5.32 Å². The van der Waals surface area contributed by atoms with Gasteiger partial charge >= 0.3 is 0 Å². The molecule has 0 spiro atoms. The van der Waals surface area contributed by atoms with E-state index in [2.05, 4.69) is 10.4 Å². The minimum atomic E-state index is -0.405. The fourth-order valence-corrected chi connectivity index (χ4v) is 3.36. The molecule has 1 amide bonds. The molecule has 130 valence electrons. The minimum absolute atomic E-state index is 0.160. The quantitative estimate of drug-likeness (QED) is 0.825. The molecule has 2 aliphatic rings. The molecule has 2 aliphatic carbocycles. The van der Waals surface area contributed by atoms with Gasteiger partial charge in [0.05, 0.1) is 5.69 Å². The summed E-state index contributed by atoms with van der Waals surface area (Å²) in [6, 6.07) is 6.62. The summed E-state index contributed by atoms with van der Waals surface area (Å²) in [6.07, 6.45) is 6.52. The lowest BCUT2D eigenvalue weighted by Gasteiger charge is -2.09. The number of nitrogens with one attached hydrogen (secondary N) is 1. The maximum Gasteiger partial charge on any atom is 0.248 e. The van der Waals surface area contributed by atoms with Gasteiger partial charge in [0, 0.05) is 17.5 Å². The Morgan fingerprint density at radius 3 is 2.40 bits per heavy atom. The lowest BCUT2D eigenvalue weighted by molar-refractivity contribution is -0.112. The van der Waals surface area contributed by atoms with Gasteiger partial charge in [-0.1, -0.05) is 5.57 Å². The molecule has 5 heteroatoms. The van der Waals surface area contributed by atoms with Gasteiger partial charge in [0.25, 0.3) is 0 Å². The fourth-order valence-electron chi connectivity index (χ4n) is 3.36. The van der Waals surface area contributed by atoms with Crippen molar-refractivity contribution in [1.29, 1.82) is 0 Å². The first kappa shape index (κ1) is 16.1. The van der Waals surface area contributed by atoms with Crippen LogP contribution < -0.4 is 5.32 Å². The largest absolute Gasteiger partial charge is 0.322 e. The van der Waals surface area contributed by atoms with E-state index in [9.17, 15) is 9.18 Å². The molecule has 4 nitrogen and oxygen atoms in total. The first-order valence-electron chi connectivity index (χ1n) is 8.87. The Bertz CT molecular complexity index is 846. The lowest BCUT2D eigenvalue weighted by atomic mass is 10.1. The molecule has 0 unspecified atom stereocenters. The zero-order chi connectivity index (χ0) is 17.6. The van der Waals surface area contributed by atoms with Crippen LogP contribution in [-0.4, -0.2) is 15.7 Å². The summed E-state index contributed by atoms with van der Waals surface area (Å²) in [4.78, 5) is 12.3. The van der Waals surface area contributed by atoms with Crippen LogP contribution in [0.1, 0.15) is 37.1 Å². The van der Waals surface area contributed by atoms with Gasteiger partial charge in [0.15, 0.2) is 5.82 Å². The van der Waals surface area contributed by atoms with Crippen molar-refractivity contribution in [3.63, 3.8) is 0 Å². The monoisotopic (exact) mass is 339 g/mol. The van der Waals surface area contributed by atoms with Crippen molar-refractivity contribution in [2.24, 2.45) is 11.8 Å². The second-order valence-corrected chi connectivity index (χ2v) is 7.19. The number of allylic oxidation sites excluding steroid dienone is 1. The van der Waals surface area contributed by atoms with Crippen LogP contribution in [0.5, 0.6) is 0 Å². The van der Waals surface area contributed by atoms with E-state index in [1.54, 1.807) is 22.9 Å². The second-order valence-electron chi connectivity index (χ2n) is 7.19. The standard InChI is InChI=1S/C20H22FN3O/c1-12-9-13(2)24(23-12)19-8-7-16(10-18(19)21)22-20(25)11-17(14-3-4-14)15-5-6-15/h7-11,14-15H,3-6H2,1-2H3,(H,22,25).